The summed E-state index contributed by atoms with van der Waals surface area (Å²) < 4.78 is 5.51. The molecule has 0 spiro atoms. The van der Waals surface area contributed by atoms with Gasteiger partial charge in [0.15, 0.2) is 0 Å². The van der Waals surface area contributed by atoms with Crippen LogP contribution in [0.5, 0.6) is 0 Å². The summed E-state index contributed by atoms with van der Waals surface area (Å²) >= 11 is 0. The molecule has 0 aromatic carbocycles. The quantitative estimate of drug-likeness (QED) is 0.858. The van der Waals surface area contributed by atoms with Crippen LogP contribution in [-0.2, 0) is 9.53 Å². The molecule has 0 aromatic heterocycles. The zero-order valence-electron chi connectivity index (χ0n) is 14.0. The Hall–Kier alpha value is -1.30. The summed E-state index contributed by atoms with van der Waals surface area (Å²) in [7, 11) is 0. The van der Waals surface area contributed by atoms with Crippen molar-refractivity contribution in [2.45, 2.75) is 70.6 Å². The SMILES string of the molecule is CC(C)(C)OC(=O)N1CCCC[C@H]1CN(C(=O)CN)C1CC1. The smallest absolute Gasteiger partial charge is 0.410 e. The van der Waals surface area contributed by atoms with Gasteiger partial charge in [0.1, 0.15) is 5.60 Å². The Morgan fingerprint density at radius 1 is 1.23 bits per heavy atom. The third-order valence-corrected chi connectivity index (χ3v) is 4.15. The molecule has 1 saturated heterocycles. The molecule has 0 bridgehead atoms. The molecule has 6 nitrogen and oxygen atoms in total. The number of rotatable bonds is 4. The van der Waals surface area contributed by atoms with Gasteiger partial charge >= 0.3 is 6.09 Å². The first-order valence-electron chi connectivity index (χ1n) is 8.31. The maximum Gasteiger partial charge on any atom is 0.410 e. The lowest BCUT2D eigenvalue weighted by Crippen LogP contribution is -2.53. The summed E-state index contributed by atoms with van der Waals surface area (Å²) in [5.74, 6) is -0.0165. The van der Waals surface area contributed by atoms with E-state index in [1.54, 1.807) is 4.90 Å². The highest BCUT2D eigenvalue weighted by Gasteiger charge is 2.37. The minimum absolute atomic E-state index is 0.0165. The standard InChI is InChI=1S/C16H29N3O3/c1-16(2,3)22-15(21)18-9-5-4-6-13(18)11-19(12-7-8-12)14(20)10-17/h12-13H,4-11,17H2,1-3H3/t13-/m0/s1. The molecular formula is C16H29N3O3. The predicted octanol–water partition coefficient (Wildman–Crippen LogP) is 1.73. The van der Waals surface area contributed by atoms with Crippen LogP contribution in [0.4, 0.5) is 4.79 Å². The number of hydrogen-bond acceptors (Lipinski definition) is 4. The van der Waals surface area contributed by atoms with Crippen LogP contribution in [0.2, 0.25) is 0 Å². The topological polar surface area (TPSA) is 75.9 Å². The van der Waals surface area contributed by atoms with Crippen molar-refractivity contribution in [3.63, 3.8) is 0 Å². The first-order valence-corrected chi connectivity index (χ1v) is 8.31. The number of amides is 2. The van der Waals surface area contributed by atoms with E-state index in [4.69, 9.17) is 10.5 Å². The molecule has 1 atom stereocenters. The lowest BCUT2D eigenvalue weighted by Gasteiger charge is -2.39. The summed E-state index contributed by atoms with van der Waals surface area (Å²) in [6, 6.07) is 0.359. The average molecular weight is 311 g/mol. The molecule has 1 aliphatic heterocycles. The molecule has 2 fully saturated rings. The Labute approximate surface area is 132 Å². The molecule has 0 unspecified atom stereocenters. The highest BCUT2D eigenvalue weighted by molar-refractivity contribution is 5.79. The van der Waals surface area contributed by atoms with Crippen molar-refractivity contribution in [2.24, 2.45) is 5.73 Å². The fraction of sp³-hybridized carbons (Fsp3) is 0.875. The monoisotopic (exact) mass is 311 g/mol. The lowest BCUT2D eigenvalue weighted by molar-refractivity contribution is -0.131. The van der Waals surface area contributed by atoms with Gasteiger partial charge in [-0.3, -0.25) is 4.79 Å². The van der Waals surface area contributed by atoms with Crippen LogP contribution in [0.1, 0.15) is 52.9 Å². The molecular weight excluding hydrogens is 282 g/mol. The van der Waals surface area contributed by atoms with Crippen LogP contribution in [0, 0.1) is 0 Å². The van der Waals surface area contributed by atoms with Crippen LogP contribution < -0.4 is 5.73 Å². The second-order valence-corrected chi connectivity index (χ2v) is 7.30. The molecule has 2 amide bonds. The maximum absolute atomic E-state index is 12.4. The van der Waals surface area contributed by atoms with Crippen molar-refractivity contribution < 1.29 is 14.3 Å². The van der Waals surface area contributed by atoms with Crippen LogP contribution in [0.3, 0.4) is 0 Å². The summed E-state index contributed by atoms with van der Waals surface area (Å²) in [6.45, 7) is 6.94. The highest BCUT2D eigenvalue weighted by Crippen LogP contribution is 2.29. The third kappa shape index (κ3) is 4.60. The number of hydrogen-bond donors (Lipinski definition) is 1. The molecule has 126 valence electrons. The second kappa shape index (κ2) is 6.86. The number of likely N-dealkylation sites (tertiary alicyclic amines) is 1. The van der Waals surface area contributed by atoms with Gasteiger partial charge in [0, 0.05) is 19.1 Å². The lowest BCUT2D eigenvalue weighted by atomic mass is 10.0. The fourth-order valence-corrected chi connectivity index (χ4v) is 2.94. The minimum atomic E-state index is -0.498. The summed E-state index contributed by atoms with van der Waals surface area (Å²) in [5.41, 5.74) is 5.03. The van der Waals surface area contributed by atoms with Gasteiger partial charge in [0.05, 0.1) is 12.6 Å². The zero-order chi connectivity index (χ0) is 16.3. The normalized spacial score (nSPS) is 22.4. The van der Waals surface area contributed by atoms with Crippen molar-refractivity contribution in [3.8, 4) is 0 Å². The van der Waals surface area contributed by atoms with Crippen molar-refractivity contribution >= 4 is 12.0 Å². The van der Waals surface area contributed by atoms with Gasteiger partial charge < -0.3 is 20.3 Å². The van der Waals surface area contributed by atoms with Gasteiger partial charge in [-0.1, -0.05) is 0 Å². The van der Waals surface area contributed by atoms with E-state index < -0.39 is 5.60 Å². The van der Waals surface area contributed by atoms with E-state index in [9.17, 15) is 9.59 Å². The molecule has 2 aliphatic rings. The van der Waals surface area contributed by atoms with Crippen molar-refractivity contribution in [3.05, 3.63) is 0 Å². The number of ether oxygens (including phenoxy) is 1. The fourth-order valence-electron chi connectivity index (χ4n) is 2.94. The minimum Gasteiger partial charge on any atom is -0.444 e. The molecule has 2 rings (SSSR count). The molecule has 2 N–H and O–H groups in total. The number of nitrogens with two attached hydrogens (primary N) is 1. The number of carbonyl (C=O) groups excluding carboxylic acids is 2. The van der Waals surface area contributed by atoms with Crippen LogP contribution in [-0.4, -0.2) is 59.1 Å². The summed E-state index contributed by atoms with van der Waals surface area (Å²) in [5, 5.41) is 0. The largest absolute Gasteiger partial charge is 0.444 e. The highest BCUT2D eigenvalue weighted by atomic mass is 16.6. The van der Waals surface area contributed by atoms with Crippen molar-refractivity contribution in [2.75, 3.05) is 19.6 Å². The number of carbonyl (C=O) groups is 2. The van der Waals surface area contributed by atoms with Gasteiger partial charge in [0.2, 0.25) is 5.91 Å². The first-order chi connectivity index (χ1) is 10.3. The van der Waals surface area contributed by atoms with E-state index in [0.29, 0.717) is 19.1 Å². The number of nitrogens with zero attached hydrogens (tertiary/aromatic N) is 2. The van der Waals surface area contributed by atoms with E-state index >= 15 is 0 Å². The molecule has 1 heterocycles. The molecule has 0 aromatic rings. The Balaban J connectivity index is 2.02. The van der Waals surface area contributed by atoms with Crippen LogP contribution >= 0.6 is 0 Å². The van der Waals surface area contributed by atoms with Gasteiger partial charge in [-0.05, 0) is 52.9 Å². The Morgan fingerprint density at radius 2 is 1.91 bits per heavy atom. The average Bonchev–Trinajstić information content (AvgIpc) is 3.27. The van der Waals surface area contributed by atoms with E-state index in [0.717, 1.165) is 32.1 Å². The van der Waals surface area contributed by atoms with E-state index in [1.165, 1.54) is 0 Å². The molecule has 6 heteroatoms. The van der Waals surface area contributed by atoms with E-state index in [1.807, 2.05) is 25.7 Å². The van der Waals surface area contributed by atoms with Crippen molar-refractivity contribution in [1.29, 1.82) is 0 Å². The molecule has 1 saturated carbocycles. The predicted molar refractivity (Wildman–Crippen MR) is 84.4 cm³/mol. The van der Waals surface area contributed by atoms with Crippen molar-refractivity contribution in [1.82, 2.24) is 9.80 Å². The Morgan fingerprint density at radius 3 is 2.45 bits per heavy atom. The molecule has 22 heavy (non-hydrogen) atoms. The first kappa shape index (κ1) is 17.1. The second-order valence-electron chi connectivity index (χ2n) is 7.30. The number of piperidine rings is 1. The molecule has 1 aliphatic carbocycles. The Kier molecular flexibility index (Phi) is 5.32. The van der Waals surface area contributed by atoms with Gasteiger partial charge in [-0.15, -0.1) is 0 Å². The Bertz CT molecular complexity index is 415. The van der Waals surface area contributed by atoms with E-state index in [2.05, 4.69) is 0 Å². The van der Waals surface area contributed by atoms with Gasteiger partial charge in [0.25, 0.3) is 0 Å². The van der Waals surface area contributed by atoms with Crippen LogP contribution in [0.25, 0.3) is 0 Å². The third-order valence-electron chi connectivity index (χ3n) is 4.15. The van der Waals surface area contributed by atoms with Gasteiger partial charge in [-0.2, -0.15) is 0 Å². The van der Waals surface area contributed by atoms with Crippen LogP contribution in [0.15, 0.2) is 0 Å². The maximum atomic E-state index is 12.4. The van der Waals surface area contributed by atoms with Gasteiger partial charge in [-0.25, -0.2) is 4.79 Å². The zero-order valence-corrected chi connectivity index (χ0v) is 14.0. The summed E-state index contributed by atoms with van der Waals surface area (Å²) in [6.07, 6.45) is 4.81. The molecule has 0 radical (unpaired) electrons. The summed E-state index contributed by atoms with van der Waals surface area (Å²) in [4.78, 5) is 28.1. The van der Waals surface area contributed by atoms with E-state index in [-0.39, 0.29) is 24.6 Å².